The number of fused-ring (bicyclic) bond motifs is 1. The number of carbonyl (C=O) groups is 1. The van der Waals surface area contributed by atoms with Crippen LogP contribution in [-0.2, 0) is 17.8 Å². The topological polar surface area (TPSA) is 75.3 Å². The van der Waals surface area contributed by atoms with Gasteiger partial charge in [0.2, 0.25) is 5.91 Å². The standard InChI is InChI=1S/C10H12N2O2/c11-8-4-6-2-1-3-7(5-13)9(6)12-10(8)14/h1-3,8,13H,4-5,11H2,(H,12,14)/t8-/m0/s1. The highest BCUT2D eigenvalue weighted by Gasteiger charge is 2.23. The monoisotopic (exact) mass is 192 g/mol. The molecule has 0 spiro atoms. The second-order valence-electron chi connectivity index (χ2n) is 3.41. The molecule has 0 unspecified atom stereocenters. The van der Waals surface area contributed by atoms with Crippen LogP contribution in [0.5, 0.6) is 0 Å². The summed E-state index contributed by atoms with van der Waals surface area (Å²) in [7, 11) is 0. The van der Waals surface area contributed by atoms with Gasteiger partial charge in [0, 0.05) is 11.3 Å². The van der Waals surface area contributed by atoms with Gasteiger partial charge >= 0.3 is 0 Å². The molecule has 1 atom stereocenters. The molecular weight excluding hydrogens is 180 g/mol. The first-order chi connectivity index (χ1) is 6.72. The van der Waals surface area contributed by atoms with E-state index in [0.29, 0.717) is 6.42 Å². The minimum absolute atomic E-state index is 0.0707. The first-order valence-electron chi connectivity index (χ1n) is 4.50. The maximum absolute atomic E-state index is 11.3. The Morgan fingerprint density at radius 1 is 1.57 bits per heavy atom. The Hall–Kier alpha value is -1.39. The van der Waals surface area contributed by atoms with E-state index in [1.807, 2.05) is 12.1 Å². The Labute approximate surface area is 81.7 Å². The van der Waals surface area contributed by atoms with Crippen LogP contribution in [0.3, 0.4) is 0 Å². The van der Waals surface area contributed by atoms with E-state index in [-0.39, 0.29) is 12.5 Å². The highest BCUT2D eigenvalue weighted by Crippen LogP contribution is 2.25. The number of aliphatic hydroxyl groups excluding tert-OH is 1. The van der Waals surface area contributed by atoms with Crippen molar-refractivity contribution in [1.82, 2.24) is 0 Å². The molecule has 4 nitrogen and oxygen atoms in total. The van der Waals surface area contributed by atoms with Crippen molar-refractivity contribution >= 4 is 11.6 Å². The first kappa shape index (κ1) is 9.18. The average molecular weight is 192 g/mol. The lowest BCUT2D eigenvalue weighted by atomic mass is 9.97. The summed E-state index contributed by atoms with van der Waals surface area (Å²) in [5.74, 6) is -0.182. The summed E-state index contributed by atoms with van der Waals surface area (Å²) in [6.45, 7) is -0.0707. The molecule has 4 heteroatoms. The van der Waals surface area contributed by atoms with Gasteiger partial charge in [0.15, 0.2) is 0 Å². The molecule has 1 amide bonds. The molecular formula is C10H12N2O2. The third-order valence-corrected chi connectivity index (χ3v) is 2.43. The molecule has 0 aliphatic carbocycles. The third-order valence-electron chi connectivity index (χ3n) is 2.43. The van der Waals surface area contributed by atoms with Gasteiger partial charge in [-0.05, 0) is 12.0 Å². The molecule has 0 radical (unpaired) electrons. The van der Waals surface area contributed by atoms with Gasteiger partial charge in [-0.2, -0.15) is 0 Å². The zero-order valence-corrected chi connectivity index (χ0v) is 7.66. The number of carbonyl (C=O) groups excluding carboxylic acids is 1. The largest absolute Gasteiger partial charge is 0.392 e. The van der Waals surface area contributed by atoms with Gasteiger partial charge in [0.1, 0.15) is 0 Å². The first-order valence-corrected chi connectivity index (χ1v) is 4.50. The number of nitrogens with one attached hydrogen (secondary N) is 1. The minimum Gasteiger partial charge on any atom is -0.392 e. The van der Waals surface area contributed by atoms with E-state index in [0.717, 1.165) is 16.8 Å². The lowest BCUT2D eigenvalue weighted by molar-refractivity contribution is -0.117. The number of aliphatic hydroxyl groups is 1. The van der Waals surface area contributed by atoms with Crippen LogP contribution in [0, 0.1) is 0 Å². The fourth-order valence-electron chi connectivity index (χ4n) is 1.66. The zero-order chi connectivity index (χ0) is 10.1. The van der Waals surface area contributed by atoms with Gasteiger partial charge in [-0.25, -0.2) is 0 Å². The molecule has 4 N–H and O–H groups in total. The predicted molar refractivity (Wildman–Crippen MR) is 52.7 cm³/mol. The van der Waals surface area contributed by atoms with Crippen molar-refractivity contribution in [2.45, 2.75) is 19.1 Å². The fraction of sp³-hybridized carbons (Fsp3) is 0.300. The minimum atomic E-state index is -0.476. The molecule has 0 aromatic heterocycles. The van der Waals surface area contributed by atoms with Crippen molar-refractivity contribution in [1.29, 1.82) is 0 Å². The maximum Gasteiger partial charge on any atom is 0.241 e. The molecule has 0 saturated carbocycles. The molecule has 1 aromatic rings. The van der Waals surface area contributed by atoms with E-state index in [9.17, 15) is 4.79 Å². The molecule has 1 aliphatic heterocycles. The second-order valence-corrected chi connectivity index (χ2v) is 3.41. The third kappa shape index (κ3) is 1.38. The van der Waals surface area contributed by atoms with Crippen molar-refractivity contribution < 1.29 is 9.90 Å². The van der Waals surface area contributed by atoms with Crippen molar-refractivity contribution in [3.63, 3.8) is 0 Å². The Kier molecular flexibility index (Phi) is 2.23. The van der Waals surface area contributed by atoms with Crippen LogP contribution in [-0.4, -0.2) is 17.1 Å². The summed E-state index contributed by atoms with van der Waals surface area (Å²) in [6, 6.07) is 5.08. The second kappa shape index (κ2) is 3.40. The van der Waals surface area contributed by atoms with Crippen LogP contribution in [0.1, 0.15) is 11.1 Å². The van der Waals surface area contributed by atoms with Crippen LogP contribution in [0.4, 0.5) is 5.69 Å². The number of amides is 1. The van der Waals surface area contributed by atoms with Gasteiger partial charge in [0.05, 0.1) is 12.6 Å². The molecule has 0 bridgehead atoms. The van der Waals surface area contributed by atoms with Crippen molar-refractivity contribution in [2.75, 3.05) is 5.32 Å². The van der Waals surface area contributed by atoms with E-state index in [4.69, 9.17) is 10.8 Å². The Morgan fingerprint density at radius 2 is 2.36 bits per heavy atom. The Bertz CT molecular complexity index is 376. The summed E-state index contributed by atoms with van der Waals surface area (Å²) in [5.41, 5.74) is 8.06. The number of para-hydroxylation sites is 1. The number of hydrogen-bond donors (Lipinski definition) is 3. The van der Waals surface area contributed by atoms with Gasteiger partial charge in [0.25, 0.3) is 0 Å². The van der Waals surface area contributed by atoms with Gasteiger partial charge in [-0.3, -0.25) is 4.79 Å². The number of anilines is 1. The molecule has 74 valence electrons. The van der Waals surface area contributed by atoms with Gasteiger partial charge < -0.3 is 16.2 Å². The highest BCUT2D eigenvalue weighted by molar-refractivity contribution is 5.98. The van der Waals surface area contributed by atoms with Crippen LogP contribution < -0.4 is 11.1 Å². The zero-order valence-electron chi connectivity index (χ0n) is 7.66. The average Bonchev–Trinajstić information content (AvgIpc) is 2.19. The summed E-state index contributed by atoms with van der Waals surface area (Å²) in [4.78, 5) is 11.3. The van der Waals surface area contributed by atoms with Crippen molar-refractivity contribution in [3.8, 4) is 0 Å². The summed E-state index contributed by atoms with van der Waals surface area (Å²) >= 11 is 0. The smallest absolute Gasteiger partial charge is 0.241 e. The SMILES string of the molecule is N[C@H]1Cc2cccc(CO)c2NC1=O. The summed E-state index contributed by atoms with van der Waals surface area (Å²) in [6.07, 6.45) is 0.537. The van der Waals surface area contributed by atoms with Gasteiger partial charge in [-0.15, -0.1) is 0 Å². The van der Waals surface area contributed by atoms with Crippen molar-refractivity contribution in [3.05, 3.63) is 29.3 Å². The normalized spacial score (nSPS) is 20.1. The lowest BCUT2D eigenvalue weighted by Gasteiger charge is -2.23. The van der Waals surface area contributed by atoms with Crippen LogP contribution in [0.15, 0.2) is 18.2 Å². The van der Waals surface area contributed by atoms with E-state index in [1.54, 1.807) is 6.07 Å². The molecule has 2 rings (SSSR count). The summed E-state index contributed by atoms with van der Waals surface area (Å²) < 4.78 is 0. The number of benzene rings is 1. The molecule has 1 aromatic carbocycles. The Morgan fingerprint density at radius 3 is 3.07 bits per heavy atom. The Balaban J connectivity index is 2.46. The highest BCUT2D eigenvalue weighted by atomic mass is 16.3. The van der Waals surface area contributed by atoms with Gasteiger partial charge in [-0.1, -0.05) is 18.2 Å². The van der Waals surface area contributed by atoms with E-state index < -0.39 is 6.04 Å². The number of nitrogens with two attached hydrogens (primary N) is 1. The predicted octanol–water partition coefficient (Wildman–Crippen LogP) is 0.000800. The molecule has 14 heavy (non-hydrogen) atoms. The molecule has 1 aliphatic rings. The lowest BCUT2D eigenvalue weighted by Crippen LogP contribution is -2.41. The van der Waals surface area contributed by atoms with Crippen LogP contribution in [0.2, 0.25) is 0 Å². The van der Waals surface area contributed by atoms with Crippen molar-refractivity contribution in [2.24, 2.45) is 5.73 Å². The molecule has 1 heterocycles. The van der Waals surface area contributed by atoms with E-state index >= 15 is 0 Å². The summed E-state index contributed by atoms with van der Waals surface area (Å²) in [5, 5.41) is 11.8. The molecule has 0 fully saturated rings. The number of rotatable bonds is 1. The maximum atomic E-state index is 11.3. The van der Waals surface area contributed by atoms with E-state index in [2.05, 4.69) is 5.32 Å². The van der Waals surface area contributed by atoms with Crippen LogP contribution >= 0.6 is 0 Å². The number of hydrogen-bond acceptors (Lipinski definition) is 3. The van der Waals surface area contributed by atoms with E-state index in [1.165, 1.54) is 0 Å². The van der Waals surface area contributed by atoms with Crippen LogP contribution in [0.25, 0.3) is 0 Å². The quantitative estimate of drug-likeness (QED) is 0.586. The molecule has 0 saturated heterocycles. The fourth-order valence-corrected chi connectivity index (χ4v) is 1.66.